The number of allylic oxidation sites excluding steroid dienone is 2. The van der Waals surface area contributed by atoms with E-state index in [9.17, 15) is 9.59 Å². The molecule has 0 bridgehead atoms. The van der Waals surface area contributed by atoms with Crippen LogP contribution in [0.15, 0.2) is 11.6 Å². The molecule has 0 aromatic carbocycles. The number of ether oxygens (including phenoxy) is 2. The summed E-state index contributed by atoms with van der Waals surface area (Å²) in [6.07, 6.45) is 2.48. The molecule has 102 valence electrons. The summed E-state index contributed by atoms with van der Waals surface area (Å²) in [5, 5.41) is 0. The van der Waals surface area contributed by atoms with Crippen molar-refractivity contribution in [1.82, 2.24) is 0 Å². The van der Waals surface area contributed by atoms with E-state index in [1.807, 2.05) is 19.9 Å². The van der Waals surface area contributed by atoms with E-state index in [1.54, 1.807) is 6.92 Å². The highest BCUT2D eigenvalue weighted by atomic mass is 127. The van der Waals surface area contributed by atoms with E-state index in [0.717, 1.165) is 5.57 Å². The average Bonchev–Trinajstić information content (AvgIpc) is 2.65. The molecule has 0 aromatic rings. The first-order chi connectivity index (χ1) is 8.46. The summed E-state index contributed by atoms with van der Waals surface area (Å²) >= 11 is 2.16. The van der Waals surface area contributed by atoms with Gasteiger partial charge in [-0.3, -0.25) is 9.59 Å². The van der Waals surface area contributed by atoms with Gasteiger partial charge < -0.3 is 9.47 Å². The van der Waals surface area contributed by atoms with Crippen LogP contribution in [-0.4, -0.2) is 29.1 Å². The minimum absolute atomic E-state index is 0.187. The molecule has 4 nitrogen and oxygen atoms in total. The molecule has 1 rings (SSSR count). The molecular weight excluding hydrogens is 347 g/mol. The number of cyclic esters (lactones) is 1. The summed E-state index contributed by atoms with van der Waals surface area (Å²) in [4.78, 5) is 24.1. The molecule has 1 saturated heterocycles. The molecule has 0 N–H and O–H groups in total. The van der Waals surface area contributed by atoms with Crippen LogP contribution >= 0.6 is 22.6 Å². The van der Waals surface area contributed by atoms with Crippen LogP contribution in [0.3, 0.4) is 0 Å². The van der Waals surface area contributed by atoms with E-state index >= 15 is 0 Å². The van der Waals surface area contributed by atoms with E-state index < -0.39 is 17.4 Å². The van der Waals surface area contributed by atoms with Gasteiger partial charge in [-0.25, -0.2) is 0 Å². The van der Waals surface area contributed by atoms with Crippen LogP contribution < -0.4 is 0 Å². The van der Waals surface area contributed by atoms with Crippen LogP contribution in [-0.2, 0) is 19.1 Å². The number of rotatable bonds is 5. The van der Waals surface area contributed by atoms with Crippen LogP contribution in [0.25, 0.3) is 0 Å². The fourth-order valence-electron chi connectivity index (χ4n) is 1.93. The minimum Gasteiger partial charge on any atom is -0.465 e. The topological polar surface area (TPSA) is 52.6 Å². The lowest BCUT2D eigenvalue weighted by Gasteiger charge is -2.21. The number of carbonyl (C=O) groups excluding carboxylic acids is 2. The zero-order valence-corrected chi connectivity index (χ0v) is 13.2. The Morgan fingerprint density at radius 3 is 2.72 bits per heavy atom. The number of hydrogen-bond donors (Lipinski definition) is 0. The van der Waals surface area contributed by atoms with Crippen LogP contribution in [0.2, 0.25) is 0 Å². The second-order valence-electron chi connectivity index (χ2n) is 4.67. The summed E-state index contributed by atoms with van der Waals surface area (Å²) in [7, 11) is 0. The molecule has 2 unspecified atom stereocenters. The van der Waals surface area contributed by atoms with Gasteiger partial charge in [-0.15, -0.1) is 0 Å². The molecule has 0 aliphatic carbocycles. The maximum absolute atomic E-state index is 12.1. The number of esters is 2. The van der Waals surface area contributed by atoms with Crippen molar-refractivity contribution in [3.05, 3.63) is 11.6 Å². The fourth-order valence-corrected chi connectivity index (χ4v) is 2.42. The molecule has 0 spiro atoms. The van der Waals surface area contributed by atoms with Crippen molar-refractivity contribution in [3.8, 4) is 0 Å². The first kappa shape index (κ1) is 15.5. The summed E-state index contributed by atoms with van der Waals surface area (Å²) in [6, 6.07) is 0. The van der Waals surface area contributed by atoms with E-state index in [0.29, 0.717) is 17.3 Å². The van der Waals surface area contributed by atoms with Gasteiger partial charge in [0, 0.05) is 10.8 Å². The van der Waals surface area contributed by atoms with Gasteiger partial charge in [-0.2, -0.15) is 0 Å². The standard InChI is InChI=1S/C13H19IO4/c1-4-17-11(15)13(6-5-9(2)3)7-10(8-14)18-12(13)16/h5,10H,4,6-8H2,1-3H3. The normalized spacial score (nSPS) is 26.7. The van der Waals surface area contributed by atoms with Crippen LogP contribution in [0.5, 0.6) is 0 Å². The van der Waals surface area contributed by atoms with Gasteiger partial charge in [-0.1, -0.05) is 34.2 Å². The summed E-state index contributed by atoms with van der Waals surface area (Å²) < 4.78 is 11.0. The van der Waals surface area contributed by atoms with E-state index in [-0.39, 0.29) is 12.7 Å². The lowest BCUT2D eigenvalue weighted by molar-refractivity contribution is -0.164. The second-order valence-corrected chi connectivity index (χ2v) is 5.55. The number of carbonyl (C=O) groups is 2. The molecule has 1 aliphatic heterocycles. The van der Waals surface area contributed by atoms with Crippen LogP contribution in [0, 0.1) is 5.41 Å². The van der Waals surface area contributed by atoms with Crippen LogP contribution in [0.4, 0.5) is 0 Å². The zero-order chi connectivity index (χ0) is 13.8. The highest BCUT2D eigenvalue weighted by Crippen LogP contribution is 2.40. The third-order valence-corrected chi connectivity index (χ3v) is 3.92. The van der Waals surface area contributed by atoms with Crippen LogP contribution in [0.1, 0.15) is 33.6 Å². The van der Waals surface area contributed by atoms with E-state index in [1.165, 1.54) is 0 Å². The Labute approximate surface area is 121 Å². The molecule has 0 radical (unpaired) electrons. The summed E-state index contributed by atoms with van der Waals surface area (Å²) in [5.74, 6) is -0.903. The van der Waals surface area contributed by atoms with Crippen molar-refractivity contribution in [2.45, 2.75) is 39.7 Å². The van der Waals surface area contributed by atoms with Gasteiger partial charge in [0.25, 0.3) is 0 Å². The Morgan fingerprint density at radius 2 is 2.28 bits per heavy atom. The van der Waals surface area contributed by atoms with Gasteiger partial charge in [-0.05, 0) is 27.2 Å². The number of hydrogen-bond acceptors (Lipinski definition) is 4. The SMILES string of the molecule is CCOC(=O)C1(CC=C(C)C)CC(CI)OC1=O. The van der Waals surface area contributed by atoms with Crippen molar-refractivity contribution in [2.75, 3.05) is 11.0 Å². The Kier molecular flexibility index (Phi) is 5.62. The number of alkyl halides is 1. The predicted octanol–water partition coefficient (Wildman–Crippen LogP) is 2.64. The molecule has 18 heavy (non-hydrogen) atoms. The van der Waals surface area contributed by atoms with Crippen molar-refractivity contribution in [2.24, 2.45) is 5.41 Å². The monoisotopic (exact) mass is 366 g/mol. The van der Waals surface area contributed by atoms with Gasteiger partial charge >= 0.3 is 11.9 Å². The van der Waals surface area contributed by atoms with Gasteiger partial charge in [0.15, 0.2) is 5.41 Å². The third kappa shape index (κ3) is 3.24. The second kappa shape index (κ2) is 6.54. The third-order valence-electron chi connectivity index (χ3n) is 2.94. The van der Waals surface area contributed by atoms with Crippen molar-refractivity contribution < 1.29 is 19.1 Å². The average molecular weight is 366 g/mol. The maximum Gasteiger partial charge on any atom is 0.324 e. The Hall–Kier alpha value is -0.590. The molecule has 5 heteroatoms. The van der Waals surface area contributed by atoms with Crippen molar-refractivity contribution in [1.29, 1.82) is 0 Å². The smallest absolute Gasteiger partial charge is 0.324 e. The molecular formula is C13H19IO4. The predicted molar refractivity (Wildman–Crippen MR) is 76.5 cm³/mol. The van der Waals surface area contributed by atoms with Crippen molar-refractivity contribution >= 4 is 34.5 Å². The molecule has 0 aromatic heterocycles. The molecule has 1 fully saturated rings. The van der Waals surface area contributed by atoms with E-state index in [2.05, 4.69) is 22.6 Å². The molecule has 0 saturated carbocycles. The largest absolute Gasteiger partial charge is 0.465 e. The first-order valence-corrected chi connectivity index (χ1v) is 7.56. The summed E-state index contributed by atoms with van der Waals surface area (Å²) in [6.45, 7) is 5.89. The number of halogens is 1. The molecule has 1 aliphatic rings. The van der Waals surface area contributed by atoms with Gasteiger partial charge in [0.2, 0.25) is 0 Å². The highest BCUT2D eigenvalue weighted by Gasteiger charge is 2.55. The van der Waals surface area contributed by atoms with Crippen molar-refractivity contribution in [3.63, 3.8) is 0 Å². The quantitative estimate of drug-likeness (QED) is 0.247. The minimum atomic E-state index is -1.14. The maximum atomic E-state index is 12.1. The van der Waals surface area contributed by atoms with E-state index in [4.69, 9.17) is 9.47 Å². The Morgan fingerprint density at radius 1 is 1.61 bits per heavy atom. The molecule has 2 atom stereocenters. The Bertz CT molecular complexity index is 360. The molecule has 0 amide bonds. The zero-order valence-electron chi connectivity index (χ0n) is 11.0. The van der Waals surface area contributed by atoms with Gasteiger partial charge in [0.1, 0.15) is 6.10 Å². The lowest BCUT2D eigenvalue weighted by atomic mass is 9.81. The lowest BCUT2D eigenvalue weighted by Crippen LogP contribution is -2.37. The molecule has 1 heterocycles. The summed E-state index contributed by atoms with van der Waals surface area (Å²) in [5.41, 5.74) is -0.0623. The highest BCUT2D eigenvalue weighted by molar-refractivity contribution is 14.1. The first-order valence-electron chi connectivity index (χ1n) is 6.04. The van der Waals surface area contributed by atoms with Gasteiger partial charge in [0.05, 0.1) is 6.61 Å². The Balaban J connectivity index is 2.98. The fraction of sp³-hybridized carbons (Fsp3) is 0.692.